The fourth-order valence-electron chi connectivity index (χ4n) is 1.29. The summed E-state index contributed by atoms with van der Waals surface area (Å²) in [6.45, 7) is 0.792. The number of ether oxygens (including phenoxy) is 1. The van der Waals surface area contributed by atoms with E-state index in [1.807, 2.05) is 7.05 Å². The molecule has 0 radical (unpaired) electrons. The maximum Gasteiger partial charge on any atom is 0.0615 e. The molecule has 1 heterocycles. The molecule has 0 saturated heterocycles. The maximum absolute atomic E-state index is 5.10. The summed E-state index contributed by atoms with van der Waals surface area (Å²) in [5.41, 5.74) is 1.43. The molecule has 0 saturated carbocycles. The standard InChI is InChI=1S/C10H17NOS/c1-11-10(7-12-2)4-3-9-5-6-13-8-9/h5-6,8,10-11H,3-4,7H2,1-2H3. The molecular formula is C10H17NOS. The lowest BCUT2D eigenvalue weighted by atomic mass is 10.1. The Bertz CT molecular complexity index is 211. The predicted molar refractivity (Wildman–Crippen MR) is 57.4 cm³/mol. The van der Waals surface area contributed by atoms with Crippen LogP contribution in [0.1, 0.15) is 12.0 Å². The van der Waals surface area contributed by atoms with Crippen molar-refractivity contribution < 1.29 is 4.74 Å². The van der Waals surface area contributed by atoms with Crippen LogP contribution in [0.4, 0.5) is 0 Å². The van der Waals surface area contributed by atoms with E-state index in [-0.39, 0.29) is 0 Å². The third-order valence-corrected chi connectivity index (χ3v) is 2.87. The van der Waals surface area contributed by atoms with Gasteiger partial charge in [-0.05, 0) is 42.3 Å². The second kappa shape index (κ2) is 6.13. The zero-order valence-electron chi connectivity index (χ0n) is 8.25. The topological polar surface area (TPSA) is 21.3 Å². The summed E-state index contributed by atoms with van der Waals surface area (Å²) in [5, 5.41) is 7.58. The van der Waals surface area contributed by atoms with Gasteiger partial charge in [0.05, 0.1) is 6.61 Å². The van der Waals surface area contributed by atoms with Crippen LogP contribution in [-0.4, -0.2) is 26.8 Å². The summed E-state index contributed by atoms with van der Waals surface area (Å²) < 4.78 is 5.10. The van der Waals surface area contributed by atoms with Gasteiger partial charge >= 0.3 is 0 Å². The molecule has 0 amide bonds. The number of hydrogen-bond acceptors (Lipinski definition) is 3. The highest BCUT2D eigenvalue weighted by atomic mass is 32.1. The van der Waals surface area contributed by atoms with Crippen LogP contribution in [0.5, 0.6) is 0 Å². The minimum Gasteiger partial charge on any atom is -0.383 e. The van der Waals surface area contributed by atoms with Gasteiger partial charge in [-0.2, -0.15) is 11.3 Å². The number of likely N-dealkylation sites (N-methyl/N-ethyl adjacent to an activating group) is 1. The summed E-state index contributed by atoms with van der Waals surface area (Å²) >= 11 is 1.76. The Balaban J connectivity index is 2.23. The van der Waals surface area contributed by atoms with Crippen LogP contribution in [0.2, 0.25) is 0 Å². The summed E-state index contributed by atoms with van der Waals surface area (Å²) in [7, 11) is 3.73. The van der Waals surface area contributed by atoms with E-state index >= 15 is 0 Å². The van der Waals surface area contributed by atoms with Gasteiger partial charge in [0.15, 0.2) is 0 Å². The number of aryl methyl sites for hydroxylation is 1. The van der Waals surface area contributed by atoms with E-state index in [1.54, 1.807) is 18.4 Å². The second-order valence-corrected chi connectivity index (χ2v) is 3.89. The summed E-state index contributed by atoms with van der Waals surface area (Å²) in [4.78, 5) is 0. The third-order valence-electron chi connectivity index (χ3n) is 2.14. The fraction of sp³-hybridized carbons (Fsp3) is 0.600. The highest BCUT2D eigenvalue weighted by Gasteiger charge is 2.05. The molecule has 1 aromatic rings. The molecule has 13 heavy (non-hydrogen) atoms. The van der Waals surface area contributed by atoms with Crippen molar-refractivity contribution in [1.29, 1.82) is 0 Å². The highest BCUT2D eigenvalue weighted by Crippen LogP contribution is 2.09. The largest absolute Gasteiger partial charge is 0.383 e. The first kappa shape index (κ1) is 10.7. The predicted octanol–water partition coefficient (Wildman–Crippen LogP) is 1.92. The van der Waals surface area contributed by atoms with Gasteiger partial charge in [-0.25, -0.2) is 0 Å². The molecule has 0 spiro atoms. The van der Waals surface area contributed by atoms with Crippen molar-refractivity contribution in [3.05, 3.63) is 22.4 Å². The zero-order valence-corrected chi connectivity index (χ0v) is 9.06. The van der Waals surface area contributed by atoms with Crippen molar-refractivity contribution >= 4 is 11.3 Å². The molecule has 0 aliphatic rings. The Morgan fingerprint density at radius 1 is 1.62 bits per heavy atom. The van der Waals surface area contributed by atoms with E-state index in [2.05, 4.69) is 22.1 Å². The van der Waals surface area contributed by atoms with Crippen LogP contribution in [0.15, 0.2) is 16.8 Å². The van der Waals surface area contributed by atoms with E-state index in [0.717, 1.165) is 19.4 Å². The van der Waals surface area contributed by atoms with Crippen molar-refractivity contribution in [3.8, 4) is 0 Å². The molecule has 0 aliphatic heterocycles. The maximum atomic E-state index is 5.10. The molecular weight excluding hydrogens is 182 g/mol. The van der Waals surface area contributed by atoms with E-state index in [1.165, 1.54) is 5.56 Å². The molecule has 1 atom stereocenters. The van der Waals surface area contributed by atoms with Crippen LogP contribution >= 0.6 is 11.3 Å². The molecule has 1 aromatic heterocycles. The van der Waals surface area contributed by atoms with Crippen molar-refractivity contribution in [2.75, 3.05) is 20.8 Å². The molecule has 0 aromatic carbocycles. The average Bonchev–Trinajstić information content (AvgIpc) is 2.64. The molecule has 74 valence electrons. The molecule has 0 aliphatic carbocycles. The number of thiophene rings is 1. The Hall–Kier alpha value is -0.380. The van der Waals surface area contributed by atoms with Crippen LogP contribution in [-0.2, 0) is 11.2 Å². The minimum atomic E-state index is 0.477. The summed E-state index contributed by atoms with van der Waals surface area (Å²) in [6.07, 6.45) is 2.28. The first-order valence-electron chi connectivity index (χ1n) is 4.54. The smallest absolute Gasteiger partial charge is 0.0615 e. The Morgan fingerprint density at radius 3 is 3.00 bits per heavy atom. The summed E-state index contributed by atoms with van der Waals surface area (Å²) in [6, 6.07) is 2.66. The van der Waals surface area contributed by atoms with Crippen molar-refractivity contribution in [2.24, 2.45) is 0 Å². The first-order valence-corrected chi connectivity index (χ1v) is 5.48. The van der Waals surface area contributed by atoms with Gasteiger partial charge in [-0.1, -0.05) is 0 Å². The molecule has 1 unspecified atom stereocenters. The fourth-order valence-corrected chi connectivity index (χ4v) is 1.99. The molecule has 0 fully saturated rings. The number of hydrogen-bond donors (Lipinski definition) is 1. The van der Waals surface area contributed by atoms with E-state index in [9.17, 15) is 0 Å². The van der Waals surface area contributed by atoms with Crippen LogP contribution < -0.4 is 5.32 Å². The van der Waals surface area contributed by atoms with Crippen LogP contribution in [0.3, 0.4) is 0 Å². The normalized spacial score (nSPS) is 13.1. The van der Waals surface area contributed by atoms with Crippen molar-refractivity contribution in [1.82, 2.24) is 5.32 Å². The molecule has 1 rings (SSSR count). The first-order chi connectivity index (χ1) is 6.36. The second-order valence-electron chi connectivity index (χ2n) is 3.11. The van der Waals surface area contributed by atoms with Gasteiger partial charge < -0.3 is 10.1 Å². The van der Waals surface area contributed by atoms with Gasteiger partial charge in [0.2, 0.25) is 0 Å². The Kier molecular flexibility index (Phi) is 5.05. The van der Waals surface area contributed by atoms with E-state index in [0.29, 0.717) is 6.04 Å². The third kappa shape index (κ3) is 3.89. The van der Waals surface area contributed by atoms with E-state index in [4.69, 9.17) is 4.74 Å². The quantitative estimate of drug-likeness (QED) is 0.755. The van der Waals surface area contributed by atoms with Gasteiger partial charge in [0.1, 0.15) is 0 Å². The van der Waals surface area contributed by atoms with Crippen LogP contribution in [0.25, 0.3) is 0 Å². The Morgan fingerprint density at radius 2 is 2.46 bits per heavy atom. The van der Waals surface area contributed by atoms with Gasteiger partial charge in [0, 0.05) is 13.2 Å². The lowest BCUT2D eigenvalue weighted by molar-refractivity contribution is 0.166. The lowest BCUT2D eigenvalue weighted by Crippen LogP contribution is -2.30. The van der Waals surface area contributed by atoms with Gasteiger partial charge in [-0.3, -0.25) is 0 Å². The lowest BCUT2D eigenvalue weighted by Gasteiger charge is -2.13. The van der Waals surface area contributed by atoms with Gasteiger partial charge in [0.25, 0.3) is 0 Å². The zero-order chi connectivity index (χ0) is 9.52. The molecule has 2 nitrogen and oxygen atoms in total. The van der Waals surface area contributed by atoms with Crippen molar-refractivity contribution in [3.63, 3.8) is 0 Å². The molecule has 0 bridgehead atoms. The highest BCUT2D eigenvalue weighted by molar-refractivity contribution is 7.07. The summed E-state index contributed by atoms with van der Waals surface area (Å²) in [5.74, 6) is 0. The number of nitrogens with one attached hydrogen (secondary N) is 1. The average molecular weight is 199 g/mol. The van der Waals surface area contributed by atoms with E-state index < -0.39 is 0 Å². The SMILES string of the molecule is CNC(CCc1ccsc1)COC. The van der Waals surface area contributed by atoms with Crippen LogP contribution in [0, 0.1) is 0 Å². The number of rotatable bonds is 6. The number of methoxy groups -OCH3 is 1. The monoisotopic (exact) mass is 199 g/mol. The minimum absolute atomic E-state index is 0.477. The van der Waals surface area contributed by atoms with Gasteiger partial charge in [-0.15, -0.1) is 0 Å². The van der Waals surface area contributed by atoms with Crippen molar-refractivity contribution in [2.45, 2.75) is 18.9 Å². The molecule has 3 heteroatoms. The molecule has 1 N–H and O–H groups in total. The Labute approximate surface area is 83.9 Å².